The molecule has 0 fully saturated rings. The Kier molecular flexibility index (Phi) is 4.47. The number of rotatable bonds is 5. The summed E-state index contributed by atoms with van der Waals surface area (Å²) in [5, 5.41) is 10.6. The molecule has 28 heavy (non-hydrogen) atoms. The first-order chi connectivity index (χ1) is 13.8. The highest BCUT2D eigenvalue weighted by Crippen LogP contribution is 2.22. The molecule has 6 nitrogen and oxygen atoms in total. The fourth-order valence-electron chi connectivity index (χ4n) is 3.83. The van der Waals surface area contributed by atoms with Crippen LogP contribution in [0.25, 0.3) is 10.8 Å². The topological polar surface area (TPSA) is 58.9 Å². The summed E-state index contributed by atoms with van der Waals surface area (Å²) in [5.41, 5.74) is 3.67. The van der Waals surface area contributed by atoms with E-state index in [9.17, 15) is 0 Å². The van der Waals surface area contributed by atoms with E-state index >= 15 is 0 Å². The first kappa shape index (κ1) is 16.9. The fraction of sp³-hybridized carbons (Fsp3) is 0.227. The lowest BCUT2D eigenvalue weighted by Gasteiger charge is -2.28. The van der Waals surface area contributed by atoms with Gasteiger partial charge in [-0.2, -0.15) is 5.10 Å². The zero-order chi connectivity index (χ0) is 18.8. The molecule has 0 saturated heterocycles. The molecule has 1 aliphatic rings. The summed E-state index contributed by atoms with van der Waals surface area (Å²) < 4.78 is 2.13. The molecule has 140 valence electrons. The van der Waals surface area contributed by atoms with Crippen LogP contribution in [0.3, 0.4) is 0 Å². The lowest BCUT2D eigenvalue weighted by molar-refractivity contribution is 0.206. The molecular weight excluding hydrogens is 348 g/mol. The van der Waals surface area contributed by atoms with Crippen molar-refractivity contribution in [3.63, 3.8) is 0 Å². The van der Waals surface area contributed by atoms with Crippen molar-refractivity contribution >= 4 is 16.7 Å². The number of nitrogens with zero attached hydrogens (tertiary/aromatic N) is 5. The van der Waals surface area contributed by atoms with Gasteiger partial charge in [0.15, 0.2) is 0 Å². The highest BCUT2D eigenvalue weighted by Gasteiger charge is 2.19. The van der Waals surface area contributed by atoms with Gasteiger partial charge in [0.2, 0.25) is 5.95 Å². The Hall–Kier alpha value is -3.25. The van der Waals surface area contributed by atoms with Gasteiger partial charge in [-0.15, -0.1) is 0 Å². The van der Waals surface area contributed by atoms with E-state index in [1.165, 1.54) is 22.0 Å². The Labute approximate surface area is 163 Å². The van der Waals surface area contributed by atoms with E-state index in [4.69, 9.17) is 5.10 Å². The molecule has 4 aromatic rings. The molecule has 6 heteroatoms. The largest absolute Gasteiger partial charge is 0.348 e. The van der Waals surface area contributed by atoms with Gasteiger partial charge >= 0.3 is 0 Å². The van der Waals surface area contributed by atoms with Gasteiger partial charge in [-0.1, -0.05) is 42.5 Å². The third-order valence-corrected chi connectivity index (χ3v) is 5.19. The van der Waals surface area contributed by atoms with E-state index in [1.54, 1.807) is 12.4 Å². The summed E-state index contributed by atoms with van der Waals surface area (Å²) in [5.74, 6) is 0.631. The van der Waals surface area contributed by atoms with Crippen molar-refractivity contribution in [1.29, 1.82) is 0 Å². The van der Waals surface area contributed by atoms with Crippen molar-refractivity contribution in [2.45, 2.75) is 26.2 Å². The van der Waals surface area contributed by atoms with Crippen molar-refractivity contribution in [1.82, 2.24) is 24.6 Å². The van der Waals surface area contributed by atoms with Crippen molar-refractivity contribution in [2.75, 3.05) is 11.9 Å². The van der Waals surface area contributed by atoms with Gasteiger partial charge in [0.05, 0.1) is 24.5 Å². The van der Waals surface area contributed by atoms with Crippen LogP contribution in [0, 0.1) is 0 Å². The Morgan fingerprint density at radius 2 is 1.79 bits per heavy atom. The predicted molar refractivity (Wildman–Crippen MR) is 110 cm³/mol. The number of anilines is 1. The lowest BCUT2D eigenvalue weighted by atomic mass is 10.0. The Morgan fingerprint density at radius 3 is 2.71 bits per heavy atom. The molecule has 0 amide bonds. The maximum atomic E-state index is 4.73. The second kappa shape index (κ2) is 7.40. The number of hydrogen-bond donors (Lipinski definition) is 1. The van der Waals surface area contributed by atoms with E-state index in [1.807, 2.05) is 6.07 Å². The van der Waals surface area contributed by atoms with Crippen LogP contribution in [0.1, 0.15) is 17.0 Å². The van der Waals surface area contributed by atoms with Gasteiger partial charge in [0.1, 0.15) is 0 Å². The monoisotopic (exact) mass is 370 g/mol. The first-order valence-corrected chi connectivity index (χ1v) is 9.61. The van der Waals surface area contributed by atoms with Gasteiger partial charge in [-0.3, -0.25) is 9.58 Å². The Morgan fingerprint density at radius 1 is 0.929 bits per heavy atom. The molecule has 0 atom stereocenters. The van der Waals surface area contributed by atoms with Crippen LogP contribution in [-0.4, -0.2) is 31.2 Å². The Balaban J connectivity index is 1.28. The third kappa shape index (κ3) is 3.46. The summed E-state index contributed by atoms with van der Waals surface area (Å²) in [7, 11) is 0. The molecule has 3 heterocycles. The van der Waals surface area contributed by atoms with E-state index in [0.717, 1.165) is 31.9 Å². The van der Waals surface area contributed by atoms with Gasteiger partial charge in [0.25, 0.3) is 0 Å². The number of aromatic nitrogens is 4. The standard InChI is InChI=1S/C22H22N6/c1-2-8-21-17(5-1)6-3-7-18(21)15-27-11-12-28-20(16-27)13-19(26-28)14-25-22-23-9-4-10-24-22/h1-10,13H,11-12,14-16H2,(H,23,24,25). The average molecular weight is 370 g/mol. The predicted octanol–water partition coefficient (Wildman–Crippen LogP) is 3.45. The molecule has 5 rings (SSSR count). The maximum absolute atomic E-state index is 4.73. The van der Waals surface area contributed by atoms with Gasteiger partial charge in [0, 0.05) is 32.0 Å². The molecular formula is C22H22N6. The van der Waals surface area contributed by atoms with Crippen LogP contribution in [0.15, 0.2) is 67.0 Å². The van der Waals surface area contributed by atoms with Crippen LogP contribution in [-0.2, 0) is 26.2 Å². The molecule has 0 unspecified atom stereocenters. The fourth-order valence-corrected chi connectivity index (χ4v) is 3.83. The second-order valence-electron chi connectivity index (χ2n) is 7.13. The van der Waals surface area contributed by atoms with E-state index < -0.39 is 0 Å². The highest BCUT2D eigenvalue weighted by atomic mass is 15.3. The van der Waals surface area contributed by atoms with E-state index in [2.05, 4.69) is 73.4 Å². The highest BCUT2D eigenvalue weighted by molar-refractivity contribution is 5.85. The van der Waals surface area contributed by atoms with Gasteiger partial charge in [-0.05, 0) is 28.5 Å². The van der Waals surface area contributed by atoms with Crippen molar-refractivity contribution in [3.05, 3.63) is 83.9 Å². The molecule has 0 saturated carbocycles. The molecule has 0 radical (unpaired) electrons. The summed E-state index contributed by atoms with van der Waals surface area (Å²) >= 11 is 0. The van der Waals surface area contributed by atoms with Crippen LogP contribution in [0.4, 0.5) is 5.95 Å². The summed E-state index contributed by atoms with van der Waals surface area (Å²) in [6.07, 6.45) is 3.47. The summed E-state index contributed by atoms with van der Waals surface area (Å²) in [6, 6.07) is 19.2. The second-order valence-corrected chi connectivity index (χ2v) is 7.13. The lowest BCUT2D eigenvalue weighted by Crippen LogP contribution is -2.33. The Bertz CT molecular complexity index is 1080. The number of hydrogen-bond acceptors (Lipinski definition) is 5. The minimum atomic E-state index is 0.631. The van der Waals surface area contributed by atoms with Crippen molar-refractivity contribution in [3.8, 4) is 0 Å². The van der Waals surface area contributed by atoms with Crippen molar-refractivity contribution in [2.24, 2.45) is 0 Å². The smallest absolute Gasteiger partial charge is 0.222 e. The summed E-state index contributed by atoms with van der Waals surface area (Å²) in [6.45, 7) is 4.43. The molecule has 1 aliphatic heterocycles. The quantitative estimate of drug-likeness (QED) is 0.583. The van der Waals surface area contributed by atoms with Gasteiger partial charge in [-0.25, -0.2) is 9.97 Å². The van der Waals surface area contributed by atoms with Crippen LogP contribution < -0.4 is 5.32 Å². The minimum absolute atomic E-state index is 0.631. The van der Waals surface area contributed by atoms with E-state index in [0.29, 0.717) is 12.5 Å². The van der Waals surface area contributed by atoms with Crippen LogP contribution >= 0.6 is 0 Å². The molecule has 0 bridgehead atoms. The van der Waals surface area contributed by atoms with Gasteiger partial charge < -0.3 is 5.32 Å². The maximum Gasteiger partial charge on any atom is 0.222 e. The first-order valence-electron chi connectivity index (χ1n) is 9.61. The normalized spacial score (nSPS) is 14.1. The number of benzene rings is 2. The zero-order valence-electron chi connectivity index (χ0n) is 15.6. The molecule has 0 spiro atoms. The van der Waals surface area contributed by atoms with Crippen LogP contribution in [0.5, 0.6) is 0 Å². The SMILES string of the molecule is c1cnc(NCc2cc3n(n2)CCN(Cc2cccc4ccccc24)C3)nc1. The molecule has 1 N–H and O–H groups in total. The third-order valence-electron chi connectivity index (χ3n) is 5.19. The zero-order valence-corrected chi connectivity index (χ0v) is 15.6. The molecule has 0 aliphatic carbocycles. The molecule has 2 aromatic carbocycles. The number of nitrogens with one attached hydrogen (secondary N) is 1. The average Bonchev–Trinajstić information content (AvgIpc) is 3.16. The number of fused-ring (bicyclic) bond motifs is 2. The summed E-state index contributed by atoms with van der Waals surface area (Å²) in [4.78, 5) is 10.9. The van der Waals surface area contributed by atoms with E-state index in [-0.39, 0.29) is 0 Å². The minimum Gasteiger partial charge on any atom is -0.348 e. The van der Waals surface area contributed by atoms with Crippen molar-refractivity contribution < 1.29 is 0 Å². The van der Waals surface area contributed by atoms with Crippen LogP contribution in [0.2, 0.25) is 0 Å². The molecule has 2 aromatic heterocycles.